The molecule has 1 aliphatic rings. The van der Waals surface area contributed by atoms with Crippen LogP contribution in [0.5, 0.6) is 0 Å². The molecule has 1 atom stereocenters. The summed E-state index contributed by atoms with van der Waals surface area (Å²) >= 11 is 5.93. The molecule has 1 aliphatic heterocycles. The van der Waals surface area contributed by atoms with E-state index in [9.17, 15) is 0 Å². The zero-order valence-electron chi connectivity index (χ0n) is 10.4. The van der Waals surface area contributed by atoms with Crippen LogP contribution in [0.3, 0.4) is 0 Å². The van der Waals surface area contributed by atoms with Gasteiger partial charge in [-0.1, -0.05) is 42.8 Å². The maximum atomic E-state index is 5.93. The van der Waals surface area contributed by atoms with Crippen molar-refractivity contribution in [2.45, 2.75) is 25.8 Å². The Morgan fingerprint density at radius 3 is 2.67 bits per heavy atom. The van der Waals surface area contributed by atoms with Crippen molar-refractivity contribution >= 4 is 17.3 Å². The van der Waals surface area contributed by atoms with Gasteiger partial charge in [0, 0.05) is 10.7 Å². The molecule has 1 unspecified atom stereocenters. The van der Waals surface area contributed by atoms with Crippen molar-refractivity contribution in [3.63, 3.8) is 0 Å². The zero-order chi connectivity index (χ0) is 12.5. The van der Waals surface area contributed by atoms with Crippen molar-refractivity contribution in [3.8, 4) is 0 Å². The number of hydrogen-bond donors (Lipinski definition) is 1. The van der Waals surface area contributed by atoms with Crippen LogP contribution in [0.25, 0.3) is 0 Å². The Labute approximate surface area is 113 Å². The van der Waals surface area contributed by atoms with Crippen LogP contribution in [0.4, 0.5) is 5.69 Å². The van der Waals surface area contributed by atoms with Crippen LogP contribution in [0.1, 0.15) is 29.7 Å². The molecule has 1 N–H and O–H groups in total. The molecule has 3 rings (SSSR count). The second-order valence-electron chi connectivity index (χ2n) is 4.80. The van der Waals surface area contributed by atoms with Crippen LogP contribution in [0, 0.1) is 0 Å². The summed E-state index contributed by atoms with van der Waals surface area (Å²) in [6.07, 6.45) is 2.16. The summed E-state index contributed by atoms with van der Waals surface area (Å²) in [4.78, 5) is 0. The zero-order valence-corrected chi connectivity index (χ0v) is 11.2. The maximum absolute atomic E-state index is 5.93. The number of fused-ring (bicyclic) bond motifs is 1. The van der Waals surface area contributed by atoms with E-state index >= 15 is 0 Å². The van der Waals surface area contributed by atoms with Gasteiger partial charge in [0.1, 0.15) is 0 Å². The molecule has 0 radical (unpaired) electrons. The number of aryl methyl sites for hydroxylation is 1. The molecule has 2 aromatic carbocycles. The minimum absolute atomic E-state index is 0.379. The highest BCUT2D eigenvalue weighted by Crippen LogP contribution is 2.35. The normalized spacial score (nSPS) is 17.3. The monoisotopic (exact) mass is 257 g/mol. The highest BCUT2D eigenvalue weighted by Gasteiger charge is 2.21. The van der Waals surface area contributed by atoms with Gasteiger partial charge in [0.05, 0.1) is 6.04 Å². The quantitative estimate of drug-likeness (QED) is 0.828. The number of benzene rings is 2. The van der Waals surface area contributed by atoms with E-state index in [1.165, 1.54) is 22.4 Å². The highest BCUT2D eigenvalue weighted by molar-refractivity contribution is 6.30. The number of halogens is 1. The lowest BCUT2D eigenvalue weighted by Crippen LogP contribution is -2.04. The Morgan fingerprint density at radius 1 is 1.17 bits per heavy atom. The molecule has 0 saturated carbocycles. The molecule has 1 nitrogen and oxygen atoms in total. The summed E-state index contributed by atoms with van der Waals surface area (Å²) in [5, 5.41) is 4.37. The number of rotatable bonds is 2. The summed E-state index contributed by atoms with van der Waals surface area (Å²) in [6, 6.07) is 15.2. The third-order valence-corrected chi connectivity index (χ3v) is 3.86. The molecule has 92 valence electrons. The van der Waals surface area contributed by atoms with E-state index in [2.05, 4.69) is 42.6 Å². The minimum Gasteiger partial charge on any atom is -0.378 e. The fourth-order valence-corrected chi connectivity index (χ4v) is 2.66. The second-order valence-corrected chi connectivity index (χ2v) is 5.23. The maximum Gasteiger partial charge on any atom is 0.0555 e. The third kappa shape index (κ3) is 2.11. The fraction of sp³-hybridized carbons (Fsp3) is 0.250. The van der Waals surface area contributed by atoms with Gasteiger partial charge < -0.3 is 5.32 Å². The predicted molar refractivity (Wildman–Crippen MR) is 77.3 cm³/mol. The predicted octanol–water partition coefficient (Wildman–Crippen LogP) is 4.61. The first-order chi connectivity index (χ1) is 8.76. The Kier molecular flexibility index (Phi) is 3.00. The van der Waals surface area contributed by atoms with Gasteiger partial charge in [-0.15, -0.1) is 0 Å². The van der Waals surface area contributed by atoms with E-state index in [0.717, 1.165) is 17.9 Å². The van der Waals surface area contributed by atoms with Crippen LogP contribution in [-0.2, 0) is 12.8 Å². The van der Waals surface area contributed by atoms with Crippen molar-refractivity contribution in [1.82, 2.24) is 0 Å². The molecule has 0 bridgehead atoms. The summed E-state index contributed by atoms with van der Waals surface area (Å²) in [5.41, 5.74) is 5.41. The molecule has 0 aliphatic carbocycles. The molecule has 0 amide bonds. The van der Waals surface area contributed by atoms with E-state index < -0.39 is 0 Å². The van der Waals surface area contributed by atoms with Crippen molar-refractivity contribution in [3.05, 3.63) is 64.2 Å². The Balaban J connectivity index is 1.86. The van der Waals surface area contributed by atoms with Gasteiger partial charge >= 0.3 is 0 Å². The molecular formula is C16H16ClN. The molecule has 0 fully saturated rings. The Morgan fingerprint density at radius 2 is 1.94 bits per heavy atom. The lowest BCUT2D eigenvalue weighted by Gasteiger charge is -2.11. The van der Waals surface area contributed by atoms with Gasteiger partial charge in [0.2, 0.25) is 0 Å². The molecule has 0 aromatic heterocycles. The van der Waals surface area contributed by atoms with Gasteiger partial charge in [-0.2, -0.15) is 0 Å². The van der Waals surface area contributed by atoms with E-state index in [4.69, 9.17) is 11.6 Å². The first kappa shape index (κ1) is 11.6. The van der Waals surface area contributed by atoms with E-state index in [1.54, 1.807) is 0 Å². The first-order valence-corrected chi connectivity index (χ1v) is 6.78. The lowest BCUT2D eigenvalue weighted by atomic mass is 10.0. The molecule has 18 heavy (non-hydrogen) atoms. The van der Waals surface area contributed by atoms with Crippen molar-refractivity contribution in [2.75, 3.05) is 5.32 Å². The molecule has 2 aromatic rings. The molecule has 0 spiro atoms. The topological polar surface area (TPSA) is 12.0 Å². The van der Waals surface area contributed by atoms with E-state index in [1.807, 2.05) is 12.1 Å². The number of anilines is 1. The smallest absolute Gasteiger partial charge is 0.0555 e. The second kappa shape index (κ2) is 4.66. The van der Waals surface area contributed by atoms with Crippen LogP contribution < -0.4 is 5.32 Å². The van der Waals surface area contributed by atoms with Gasteiger partial charge in [-0.25, -0.2) is 0 Å². The molecule has 0 saturated heterocycles. The van der Waals surface area contributed by atoms with Gasteiger partial charge in [-0.3, -0.25) is 0 Å². The molecular weight excluding hydrogens is 242 g/mol. The van der Waals surface area contributed by atoms with Crippen molar-refractivity contribution in [1.29, 1.82) is 0 Å². The fourth-order valence-electron chi connectivity index (χ4n) is 2.53. The summed E-state index contributed by atoms with van der Waals surface area (Å²) in [5.74, 6) is 0. The highest BCUT2D eigenvalue weighted by atomic mass is 35.5. The van der Waals surface area contributed by atoms with Gasteiger partial charge in [-0.05, 0) is 47.7 Å². The Bertz CT molecular complexity index is 560. The first-order valence-electron chi connectivity index (χ1n) is 6.40. The third-order valence-electron chi connectivity index (χ3n) is 3.60. The van der Waals surface area contributed by atoms with Crippen LogP contribution in [0.15, 0.2) is 42.5 Å². The van der Waals surface area contributed by atoms with Crippen molar-refractivity contribution in [2.24, 2.45) is 0 Å². The van der Waals surface area contributed by atoms with E-state index in [0.29, 0.717) is 6.04 Å². The summed E-state index contributed by atoms with van der Waals surface area (Å²) in [7, 11) is 0. The molecule has 1 heterocycles. The van der Waals surface area contributed by atoms with Gasteiger partial charge in [0.15, 0.2) is 0 Å². The van der Waals surface area contributed by atoms with Gasteiger partial charge in [0.25, 0.3) is 0 Å². The average Bonchev–Trinajstić information content (AvgIpc) is 2.82. The van der Waals surface area contributed by atoms with Crippen LogP contribution in [0.2, 0.25) is 5.02 Å². The summed E-state index contributed by atoms with van der Waals surface area (Å²) < 4.78 is 0. The lowest BCUT2D eigenvalue weighted by molar-refractivity contribution is 0.823. The number of nitrogens with one attached hydrogen (secondary N) is 1. The average molecular weight is 258 g/mol. The number of hydrogen-bond acceptors (Lipinski definition) is 1. The Hall–Kier alpha value is -1.47. The largest absolute Gasteiger partial charge is 0.378 e. The van der Waals surface area contributed by atoms with Crippen LogP contribution in [-0.4, -0.2) is 0 Å². The minimum atomic E-state index is 0.379. The van der Waals surface area contributed by atoms with E-state index in [-0.39, 0.29) is 0 Å². The summed E-state index contributed by atoms with van der Waals surface area (Å²) in [6.45, 7) is 2.20. The van der Waals surface area contributed by atoms with Crippen molar-refractivity contribution < 1.29 is 0 Å². The standard InChI is InChI=1S/C16H16ClN/c1-2-11-3-8-15-13(9-11)10-16(18-15)12-4-6-14(17)7-5-12/h3-9,16,18H,2,10H2,1H3. The van der Waals surface area contributed by atoms with Crippen LogP contribution >= 0.6 is 11.6 Å². The SMILES string of the molecule is CCc1ccc2c(c1)CC(c1ccc(Cl)cc1)N2. The molecule has 2 heteroatoms.